The standard InChI is InChI=1S/C71H104N2O6S2/c1-8-10-12-14-16-18-20-22-24-25-27-29-31-33-35-37-54-72-66-55-60(58-42-48-62(49-43-58)80(74,75)76)46-52-64(66)70(4,5)68(72)40-38-41-69-71(6,7)65-53-47-61(59-44-50-63(51-45-59)81(77,78)79)56-67(65)73(69)57(3)39-36-34-32-30-28-26-23-21-19-17-15-13-11-9-2/h38,40-53,55-57H,8-37,39,54H2,1-7H3,(H-,74,75,76,77,78,79). The van der Waals surface area contributed by atoms with Gasteiger partial charge >= 0.3 is 0 Å². The Morgan fingerprint density at radius 3 is 1.35 bits per heavy atom. The van der Waals surface area contributed by atoms with Gasteiger partial charge in [-0.15, -0.1) is 0 Å². The molecule has 0 spiro atoms. The Bertz CT molecular complexity index is 2880. The molecule has 0 fully saturated rings. The first kappa shape index (κ1) is 65.8. The van der Waals surface area contributed by atoms with Crippen LogP contribution in [0.1, 0.15) is 259 Å². The predicted octanol–water partition coefficient (Wildman–Crippen LogP) is 20.3. The molecule has 0 bridgehead atoms. The van der Waals surface area contributed by atoms with Crippen molar-refractivity contribution in [1.29, 1.82) is 0 Å². The van der Waals surface area contributed by atoms with E-state index in [-0.39, 0.29) is 26.7 Å². The molecule has 2 aliphatic rings. The second-order valence-electron chi connectivity index (χ2n) is 25.0. The van der Waals surface area contributed by atoms with Gasteiger partial charge in [0.2, 0.25) is 5.69 Å². The Hall–Kier alpha value is -4.35. The molecule has 0 aliphatic carbocycles. The van der Waals surface area contributed by atoms with Crippen LogP contribution in [0.4, 0.5) is 11.4 Å². The molecule has 0 amide bonds. The topological polar surface area (TPSA) is 118 Å². The minimum absolute atomic E-state index is 0.115. The zero-order valence-corrected chi connectivity index (χ0v) is 52.9. The van der Waals surface area contributed by atoms with Crippen LogP contribution in [0.5, 0.6) is 0 Å². The molecule has 0 saturated heterocycles. The number of nitrogens with zero attached hydrogens (tertiary/aromatic N) is 2. The second kappa shape index (κ2) is 32.6. The van der Waals surface area contributed by atoms with Crippen LogP contribution in [0, 0.1) is 0 Å². The van der Waals surface area contributed by atoms with E-state index >= 15 is 0 Å². The van der Waals surface area contributed by atoms with Crippen LogP contribution in [0.2, 0.25) is 0 Å². The number of rotatable bonds is 39. The Kier molecular flexibility index (Phi) is 26.5. The van der Waals surface area contributed by atoms with Gasteiger partial charge in [0, 0.05) is 47.5 Å². The summed E-state index contributed by atoms with van der Waals surface area (Å²) in [6.45, 7) is 17.1. The average Bonchev–Trinajstić information content (AvgIpc) is 2.64. The number of unbranched alkanes of at least 4 members (excludes halogenated alkanes) is 28. The maximum absolute atomic E-state index is 11.9. The molecule has 2 heterocycles. The third-order valence-corrected chi connectivity index (χ3v) is 19.6. The van der Waals surface area contributed by atoms with Crippen molar-refractivity contribution in [3.05, 3.63) is 120 Å². The van der Waals surface area contributed by atoms with Gasteiger partial charge in [0.05, 0.1) is 15.2 Å². The highest BCUT2D eigenvalue weighted by molar-refractivity contribution is 7.86. The van der Waals surface area contributed by atoms with Crippen molar-refractivity contribution in [1.82, 2.24) is 0 Å². The average molecular weight is 1150 g/mol. The minimum Gasteiger partial charge on any atom is -0.744 e. The lowest BCUT2D eigenvalue weighted by atomic mass is 9.80. The number of hydrogen-bond acceptors (Lipinski definition) is 6. The zero-order valence-electron chi connectivity index (χ0n) is 51.2. The number of allylic oxidation sites excluding steroid dienone is 4. The van der Waals surface area contributed by atoms with Gasteiger partial charge in [0.1, 0.15) is 10.1 Å². The maximum atomic E-state index is 11.9. The first-order valence-corrected chi connectivity index (χ1v) is 35.0. The summed E-state index contributed by atoms with van der Waals surface area (Å²) in [4.78, 5) is 2.19. The number of fused-ring (bicyclic) bond motifs is 2. The number of anilines is 1. The molecule has 0 aromatic heterocycles. The molecule has 1 unspecified atom stereocenters. The van der Waals surface area contributed by atoms with Gasteiger partial charge in [-0.3, -0.25) is 4.55 Å². The third kappa shape index (κ3) is 19.3. The minimum atomic E-state index is -4.56. The second-order valence-corrected chi connectivity index (χ2v) is 27.8. The monoisotopic (exact) mass is 1140 g/mol. The molecule has 8 nitrogen and oxygen atoms in total. The summed E-state index contributed by atoms with van der Waals surface area (Å²) < 4.78 is 71.7. The van der Waals surface area contributed by atoms with Crippen molar-refractivity contribution in [2.45, 2.75) is 274 Å². The Morgan fingerprint density at radius 1 is 0.506 bits per heavy atom. The van der Waals surface area contributed by atoms with Crippen LogP contribution in [0.15, 0.2) is 119 Å². The van der Waals surface area contributed by atoms with E-state index in [0.717, 1.165) is 48.1 Å². The molecule has 0 radical (unpaired) electrons. The number of hydrogen-bond donors (Lipinski definition) is 1. The van der Waals surface area contributed by atoms with E-state index < -0.39 is 20.2 Å². The van der Waals surface area contributed by atoms with Crippen molar-refractivity contribution >= 4 is 37.3 Å². The molecule has 81 heavy (non-hydrogen) atoms. The summed E-state index contributed by atoms with van der Waals surface area (Å²) in [6, 6.07) is 26.3. The SMILES string of the molecule is CCCCCCCCCCCCCCCCCCN1C(=CC=CC2=[N+](C(C)CCCCCCCCCCCCCCCC)c3cc(-c4ccc(S(=O)(=O)[O-])cc4)ccc3C2(C)C)C(C)(C)c2ccc(-c3ccc(S(=O)(=O)O)cc3)cc21. The summed E-state index contributed by atoms with van der Waals surface area (Å²) in [6.07, 6.45) is 47.8. The molecule has 4 aromatic rings. The Balaban J connectivity index is 1.20. The summed E-state index contributed by atoms with van der Waals surface area (Å²) in [5.74, 6) is 0. The molecule has 4 aromatic carbocycles. The fourth-order valence-electron chi connectivity index (χ4n) is 12.8. The largest absolute Gasteiger partial charge is 0.744 e. The summed E-state index contributed by atoms with van der Waals surface area (Å²) >= 11 is 0. The molecular weight excluding hydrogens is 1040 g/mol. The van der Waals surface area contributed by atoms with Gasteiger partial charge in [-0.25, -0.2) is 8.42 Å². The van der Waals surface area contributed by atoms with E-state index in [1.165, 1.54) is 238 Å². The molecule has 2 aliphatic heterocycles. The van der Waals surface area contributed by atoms with Crippen molar-refractivity contribution in [3.8, 4) is 22.3 Å². The first-order chi connectivity index (χ1) is 38.9. The lowest BCUT2D eigenvalue weighted by Gasteiger charge is -2.27. The van der Waals surface area contributed by atoms with Crippen LogP contribution >= 0.6 is 0 Å². The summed E-state index contributed by atoms with van der Waals surface area (Å²) in [5.41, 5.74) is 10.5. The third-order valence-electron chi connectivity index (χ3n) is 17.8. The highest BCUT2D eigenvalue weighted by atomic mass is 32.2. The zero-order chi connectivity index (χ0) is 58.3. The quantitative estimate of drug-likeness (QED) is 0.0269. The molecule has 6 rings (SSSR count). The van der Waals surface area contributed by atoms with E-state index in [0.29, 0.717) is 0 Å². The summed E-state index contributed by atoms with van der Waals surface area (Å²) in [5, 5.41) is 0. The molecule has 0 saturated carbocycles. The lowest BCUT2D eigenvalue weighted by Crippen LogP contribution is -2.31. The molecule has 1 atom stereocenters. The van der Waals surface area contributed by atoms with Gasteiger partial charge in [-0.1, -0.05) is 262 Å². The van der Waals surface area contributed by atoms with Gasteiger partial charge in [0.25, 0.3) is 10.1 Å². The van der Waals surface area contributed by atoms with Crippen LogP contribution < -0.4 is 4.90 Å². The molecule has 1 N–H and O–H groups in total. The predicted molar refractivity (Wildman–Crippen MR) is 341 cm³/mol. The van der Waals surface area contributed by atoms with Crippen LogP contribution in [0.3, 0.4) is 0 Å². The normalized spacial score (nSPS) is 15.8. The molecule has 10 heteroatoms. The van der Waals surface area contributed by atoms with Crippen molar-refractivity contribution < 1.29 is 30.5 Å². The van der Waals surface area contributed by atoms with Gasteiger partial charge < -0.3 is 9.45 Å². The van der Waals surface area contributed by atoms with Gasteiger partial charge in [-0.2, -0.15) is 13.0 Å². The Morgan fingerprint density at radius 2 is 0.901 bits per heavy atom. The highest BCUT2D eigenvalue weighted by Crippen LogP contribution is 2.50. The van der Waals surface area contributed by atoms with E-state index in [4.69, 9.17) is 0 Å². The fourth-order valence-corrected chi connectivity index (χ4v) is 13.8. The maximum Gasteiger partial charge on any atom is 0.294 e. The van der Waals surface area contributed by atoms with E-state index in [2.05, 4.69) is 113 Å². The van der Waals surface area contributed by atoms with E-state index in [1.807, 2.05) is 0 Å². The van der Waals surface area contributed by atoms with Gasteiger partial charge in [0.15, 0.2) is 11.8 Å². The highest BCUT2D eigenvalue weighted by Gasteiger charge is 2.46. The van der Waals surface area contributed by atoms with Gasteiger partial charge in [-0.05, 0) is 97.8 Å². The van der Waals surface area contributed by atoms with E-state index in [1.54, 1.807) is 24.3 Å². The van der Waals surface area contributed by atoms with Crippen LogP contribution in [-0.2, 0) is 31.1 Å². The Labute approximate surface area is 492 Å². The molecular formula is C71H104N2O6S2. The van der Waals surface area contributed by atoms with Crippen LogP contribution in [-0.4, -0.2) is 48.8 Å². The smallest absolute Gasteiger partial charge is 0.294 e. The first-order valence-electron chi connectivity index (χ1n) is 32.2. The van der Waals surface area contributed by atoms with Crippen LogP contribution in [0.25, 0.3) is 22.3 Å². The van der Waals surface area contributed by atoms with Crippen molar-refractivity contribution in [2.75, 3.05) is 11.4 Å². The molecule has 446 valence electrons. The summed E-state index contributed by atoms with van der Waals surface area (Å²) in [7, 11) is -8.86. The van der Waals surface area contributed by atoms with Crippen molar-refractivity contribution in [3.63, 3.8) is 0 Å². The lowest BCUT2D eigenvalue weighted by molar-refractivity contribution is -0.479. The fraction of sp³-hybridized carbons (Fsp3) is 0.592. The van der Waals surface area contributed by atoms with E-state index in [9.17, 15) is 25.9 Å². The van der Waals surface area contributed by atoms with Crippen molar-refractivity contribution in [2.24, 2.45) is 0 Å². The number of benzene rings is 4.